The van der Waals surface area contributed by atoms with Crippen LogP contribution in [0, 0.1) is 6.92 Å². The Morgan fingerprint density at radius 1 is 1.04 bits per heavy atom. The van der Waals surface area contributed by atoms with Crippen LogP contribution in [0.25, 0.3) is 0 Å². The predicted molar refractivity (Wildman–Crippen MR) is 108 cm³/mol. The highest BCUT2D eigenvalue weighted by Gasteiger charge is 2.13. The number of anilines is 2. The van der Waals surface area contributed by atoms with Gasteiger partial charge in [-0.1, -0.05) is 35.9 Å². The second kappa shape index (κ2) is 8.00. The van der Waals surface area contributed by atoms with Gasteiger partial charge in [0.2, 0.25) is 12.7 Å². The van der Waals surface area contributed by atoms with Crippen LogP contribution in [0.5, 0.6) is 11.5 Å². The van der Waals surface area contributed by atoms with Gasteiger partial charge in [0, 0.05) is 6.54 Å². The summed E-state index contributed by atoms with van der Waals surface area (Å²) < 4.78 is 10.7. The molecule has 0 unspecified atom stereocenters. The molecule has 1 amide bonds. The molecule has 3 aromatic rings. The van der Waals surface area contributed by atoms with Gasteiger partial charge in [0.15, 0.2) is 11.5 Å². The van der Waals surface area contributed by atoms with E-state index in [4.69, 9.17) is 9.47 Å². The van der Waals surface area contributed by atoms with Crippen LogP contribution in [-0.4, -0.2) is 17.7 Å². The highest BCUT2D eigenvalue weighted by molar-refractivity contribution is 5.92. The first-order valence-corrected chi connectivity index (χ1v) is 9.09. The summed E-state index contributed by atoms with van der Waals surface area (Å²) in [6, 6.07) is 17.5. The van der Waals surface area contributed by atoms with Gasteiger partial charge >= 0.3 is 0 Å². The van der Waals surface area contributed by atoms with Crippen LogP contribution in [0.3, 0.4) is 0 Å². The van der Waals surface area contributed by atoms with Gasteiger partial charge < -0.3 is 20.1 Å². The minimum absolute atomic E-state index is 0.0616. The number of benzene rings is 2. The highest BCUT2D eigenvalue weighted by Crippen LogP contribution is 2.32. The number of aromatic nitrogens is 1. The van der Waals surface area contributed by atoms with Crippen LogP contribution in [0.2, 0.25) is 0 Å². The van der Waals surface area contributed by atoms with Gasteiger partial charge in [-0.15, -0.1) is 0 Å². The topological polar surface area (TPSA) is 72.5 Å². The minimum atomic E-state index is -0.0616. The summed E-state index contributed by atoms with van der Waals surface area (Å²) in [6.45, 7) is 2.90. The summed E-state index contributed by atoms with van der Waals surface area (Å²) in [5.41, 5.74) is 3.88. The first kappa shape index (κ1) is 17.9. The lowest BCUT2D eigenvalue weighted by molar-refractivity contribution is -0.115. The maximum atomic E-state index is 12.2. The summed E-state index contributed by atoms with van der Waals surface area (Å²) in [6.07, 6.45) is 1.99. The van der Waals surface area contributed by atoms with Gasteiger partial charge in [0.25, 0.3) is 0 Å². The lowest BCUT2D eigenvalue weighted by Gasteiger charge is -2.09. The molecule has 2 N–H and O–H groups in total. The molecule has 6 nitrogen and oxygen atoms in total. The Labute approximate surface area is 163 Å². The minimum Gasteiger partial charge on any atom is -0.454 e. The number of nitrogens with one attached hydrogen (secondary N) is 2. The van der Waals surface area contributed by atoms with Gasteiger partial charge in [-0.05, 0) is 42.3 Å². The zero-order valence-electron chi connectivity index (χ0n) is 15.6. The van der Waals surface area contributed by atoms with Crippen LogP contribution in [0.1, 0.15) is 16.7 Å². The number of hydrogen-bond donors (Lipinski definition) is 2. The zero-order valence-corrected chi connectivity index (χ0v) is 15.6. The number of ether oxygens (including phenoxy) is 2. The number of fused-ring (bicyclic) bond motifs is 1. The highest BCUT2D eigenvalue weighted by atomic mass is 16.7. The molecule has 0 fully saturated rings. The molecule has 1 aromatic heterocycles. The number of hydrogen-bond acceptors (Lipinski definition) is 5. The summed E-state index contributed by atoms with van der Waals surface area (Å²) in [5.74, 6) is 2.20. The van der Waals surface area contributed by atoms with Crippen molar-refractivity contribution in [2.24, 2.45) is 0 Å². The lowest BCUT2D eigenvalue weighted by atomic mass is 10.1. The molecular formula is C22H21N3O3. The molecular weight excluding hydrogens is 354 g/mol. The molecule has 28 heavy (non-hydrogen) atoms. The molecule has 2 heterocycles. The van der Waals surface area contributed by atoms with Crippen LogP contribution in [0.4, 0.5) is 11.5 Å². The summed E-state index contributed by atoms with van der Waals surface area (Å²) in [5, 5.41) is 6.14. The van der Waals surface area contributed by atoms with Crippen LogP contribution in [-0.2, 0) is 17.8 Å². The zero-order chi connectivity index (χ0) is 19.3. The molecule has 142 valence electrons. The van der Waals surface area contributed by atoms with E-state index in [-0.39, 0.29) is 12.7 Å². The lowest BCUT2D eigenvalue weighted by Crippen LogP contribution is -2.14. The number of carbonyl (C=O) groups excluding carboxylic acids is 1. The first-order valence-electron chi connectivity index (χ1n) is 9.09. The van der Waals surface area contributed by atoms with Crippen molar-refractivity contribution in [1.82, 2.24) is 4.98 Å². The van der Waals surface area contributed by atoms with Gasteiger partial charge in [0.05, 0.1) is 18.3 Å². The second-order valence-electron chi connectivity index (χ2n) is 6.69. The third-order valence-electron chi connectivity index (χ3n) is 4.41. The van der Waals surface area contributed by atoms with E-state index in [0.717, 1.165) is 34.0 Å². The monoisotopic (exact) mass is 375 g/mol. The standard InChI is InChI=1S/C22H21N3O3/c1-15-3-2-4-16(9-15)11-22(26)25-18-6-8-21(24-13-18)23-12-17-5-7-19-20(10-17)28-14-27-19/h2-10,13H,11-12,14H2,1H3,(H,23,24)(H,25,26). The van der Waals surface area contributed by atoms with Crippen molar-refractivity contribution in [3.63, 3.8) is 0 Å². The van der Waals surface area contributed by atoms with E-state index in [1.54, 1.807) is 6.20 Å². The average molecular weight is 375 g/mol. The molecule has 4 rings (SSSR count). The Morgan fingerprint density at radius 3 is 2.75 bits per heavy atom. The molecule has 1 aliphatic rings. The SMILES string of the molecule is Cc1cccc(CC(=O)Nc2ccc(NCc3ccc4c(c3)OCO4)nc2)c1. The second-order valence-corrected chi connectivity index (χ2v) is 6.69. The third kappa shape index (κ3) is 4.40. The van der Waals surface area contributed by atoms with Crippen molar-refractivity contribution < 1.29 is 14.3 Å². The van der Waals surface area contributed by atoms with Gasteiger partial charge in [-0.25, -0.2) is 4.98 Å². The number of aryl methyl sites for hydroxylation is 1. The Morgan fingerprint density at radius 2 is 1.93 bits per heavy atom. The van der Waals surface area contributed by atoms with Crippen molar-refractivity contribution in [1.29, 1.82) is 0 Å². The summed E-state index contributed by atoms with van der Waals surface area (Å²) >= 11 is 0. The van der Waals surface area contributed by atoms with E-state index in [9.17, 15) is 4.79 Å². The Kier molecular flexibility index (Phi) is 5.10. The van der Waals surface area contributed by atoms with Crippen molar-refractivity contribution in [2.45, 2.75) is 19.9 Å². The van der Waals surface area contributed by atoms with Gasteiger partial charge in [-0.3, -0.25) is 4.79 Å². The predicted octanol–water partition coefficient (Wildman–Crippen LogP) is 3.91. The van der Waals surface area contributed by atoms with E-state index in [1.165, 1.54) is 0 Å². The number of pyridine rings is 1. The van der Waals surface area contributed by atoms with Crippen molar-refractivity contribution in [3.05, 3.63) is 77.5 Å². The number of nitrogens with zero attached hydrogens (tertiary/aromatic N) is 1. The number of amides is 1. The fraction of sp³-hybridized carbons (Fsp3) is 0.182. The van der Waals surface area contributed by atoms with Gasteiger partial charge in [-0.2, -0.15) is 0 Å². The fourth-order valence-electron chi connectivity index (χ4n) is 3.03. The van der Waals surface area contributed by atoms with Crippen molar-refractivity contribution in [3.8, 4) is 11.5 Å². The Balaban J connectivity index is 1.30. The third-order valence-corrected chi connectivity index (χ3v) is 4.41. The smallest absolute Gasteiger partial charge is 0.231 e. The van der Waals surface area contributed by atoms with Crippen LogP contribution in [0.15, 0.2) is 60.8 Å². The molecule has 0 aliphatic carbocycles. The number of carbonyl (C=O) groups is 1. The van der Waals surface area contributed by atoms with Crippen LogP contribution >= 0.6 is 0 Å². The normalized spacial score (nSPS) is 11.9. The summed E-state index contributed by atoms with van der Waals surface area (Å²) in [7, 11) is 0. The molecule has 0 saturated heterocycles. The molecule has 0 saturated carbocycles. The Hall–Kier alpha value is -3.54. The maximum absolute atomic E-state index is 12.2. The van der Waals surface area contributed by atoms with Crippen molar-refractivity contribution in [2.75, 3.05) is 17.4 Å². The first-order chi connectivity index (χ1) is 13.7. The largest absolute Gasteiger partial charge is 0.454 e. The molecule has 6 heteroatoms. The molecule has 1 aliphatic heterocycles. The van der Waals surface area contributed by atoms with Gasteiger partial charge in [0.1, 0.15) is 5.82 Å². The fourth-order valence-corrected chi connectivity index (χ4v) is 3.03. The van der Waals surface area contributed by atoms with E-state index >= 15 is 0 Å². The van der Waals surface area contributed by atoms with E-state index < -0.39 is 0 Å². The molecule has 2 aromatic carbocycles. The van der Waals surface area contributed by atoms with E-state index in [0.29, 0.717) is 18.7 Å². The summed E-state index contributed by atoms with van der Waals surface area (Å²) in [4.78, 5) is 16.6. The van der Waals surface area contributed by atoms with E-state index in [2.05, 4.69) is 15.6 Å². The average Bonchev–Trinajstić information content (AvgIpc) is 3.15. The maximum Gasteiger partial charge on any atom is 0.231 e. The quantitative estimate of drug-likeness (QED) is 0.683. The molecule has 0 radical (unpaired) electrons. The van der Waals surface area contributed by atoms with E-state index in [1.807, 2.05) is 61.5 Å². The molecule has 0 bridgehead atoms. The Bertz CT molecular complexity index is 987. The molecule has 0 spiro atoms. The van der Waals surface area contributed by atoms with Crippen molar-refractivity contribution >= 4 is 17.4 Å². The number of rotatable bonds is 6. The van der Waals surface area contributed by atoms with Crippen LogP contribution < -0.4 is 20.1 Å². The molecule has 0 atom stereocenters.